The van der Waals surface area contributed by atoms with Gasteiger partial charge in [-0.3, -0.25) is 9.10 Å². The highest BCUT2D eigenvalue weighted by Crippen LogP contribution is 2.26. The van der Waals surface area contributed by atoms with E-state index in [4.69, 9.17) is 0 Å². The maximum Gasteiger partial charge on any atom is 0.264 e. The number of nitrogens with zero attached hydrogens (tertiary/aromatic N) is 1. The summed E-state index contributed by atoms with van der Waals surface area (Å²) in [5, 5.41) is 2.97. The van der Waals surface area contributed by atoms with Gasteiger partial charge in [0.05, 0.1) is 10.6 Å². The molecule has 2 aromatic rings. The molecule has 0 spiro atoms. The minimum Gasteiger partial charge on any atom is -0.352 e. The van der Waals surface area contributed by atoms with Gasteiger partial charge in [-0.05, 0) is 49.1 Å². The predicted octanol–water partition coefficient (Wildman–Crippen LogP) is 3.72. The number of carbonyl (C=O) groups excluding carboxylic acids is 1. The molecule has 0 heterocycles. The number of amides is 1. The summed E-state index contributed by atoms with van der Waals surface area (Å²) < 4.78 is 41.0. The molecular weight excluding hydrogens is 379 g/mol. The van der Waals surface area contributed by atoms with E-state index in [2.05, 4.69) is 12.2 Å². The first-order valence-electron chi connectivity index (χ1n) is 9.50. The van der Waals surface area contributed by atoms with Crippen LogP contribution in [0, 0.1) is 11.7 Å². The lowest BCUT2D eigenvalue weighted by molar-refractivity contribution is -0.120. The summed E-state index contributed by atoms with van der Waals surface area (Å²) in [4.78, 5) is 12.7. The SMILES string of the molecule is C[C@H]1CCCC[C@H]1NC(=O)CN(c1cccc(F)c1)S(=O)(=O)c1ccccc1. The second-order valence-electron chi connectivity index (χ2n) is 7.24. The maximum atomic E-state index is 13.8. The zero-order valence-electron chi connectivity index (χ0n) is 15.8. The van der Waals surface area contributed by atoms with Gasteiger partial charge in [0.2, 0.25) is 5.91 Å². The van der Waals surface area contributed by atoms with Gasteiger partial charge in [0.15, 0.2) is 0 Å². The normalized spacial score (nSPS) is 19.8. The highest BCUT2D eigenvalue weighted by Gasteiger charge is 2.29. The molecule has 1 aliphatic carbocycles. The van der Waals surface area contributed by atoms with Crippen LogP contribution in [0.15, 0.2) is 59.5 Å². The van der Waals surface area contributed by atoms with Crippen LogP contribution in [0.3, 0.4) is 0 Å². The zero-order valence-corrected chi connectivity index (χ0v) is 16.7. The fourth-order valence-corrected chi connectivity index (χ4v) is 5.01. The molecule has 5 nitrogen and oxygen atoms in total. The van der Waals surface area contributed by atoms with Gasteiger partial charge in [-0.15, -0.1) is 0 Å². The zero-order chi connectivity index (χ0) is 20.1. The molecule has 0 saturated heterocycles. The van der Waals surface area contributed by atoms with Crippen molar-refractivity contribution in [2.45, 2.75) is 43.5 Å². The van der Waals surface area contributed by atoms with Crippen LogP contribution in [0.4, 0.5) is 10.1 Å². The average Bonchev–Trinajstić information content (AvgIpc) is 2.68. The first-order valence-corrected chi connectivity index (χ1v) is 10.9. The molecule has 7 heteroatoms. The summed E-state index contributed by atoms with van der Waals surface area (Å²) >= 11 is 0. The molecule has 1 saturated carbocycles. The molecule has 3 rings (SSSR count). The molecule has 0 radical (unpaired) electrons. The molecule has 1 aliphatic rings. The standard InChI is InChI=1S/C21H25FN2O3S/c1-16-8-5-6-13-20(16)23-21(25)15-24(18-10-7-9-17(22)14-18)28(26,27)19-11-3-2-4-12-19/h2-4,7,9-12,14,16,20H,5-6,8,13,15H2,1H3,(H,23,25)/t16-,20+/m0/s1. The van der Waals surface area contributed by atoms with Crippen LogP contribution in [0.5, 0.6) is 0 Å². The molecule has 1 fully saturated rings. The Hall–Kier alpha value is -2.41. The number of carbonyl (C=O) groups is 1. The van der Waals surface area contributed by atoms with E-state index < -0.39 is 22.4 Å². The quantitative estimate of drug-likeness (QED) is 0.798. The van der Waals surface area contributed by atoms with Crippen LogP contribution in [-0.4, -0.2) is 26.9 Å². The summed E-state index contributed by atoms with van der Waals surface area (Å²) in [5.41, 5.74) is 0.121. The molecule has 0 aliphatic heterocycles. The lowest BCUT2D eigenvalue weighted by atomic mass is 9.86. The van der Waals surface area contributed by atoms with E-state index in [0.717, 1.165) is 36.1 Å². The third-order valence-corrected chi connectivity index (χ3v) is 6.96. The van der Waals surface area contributed by atoms with Crippen molar-refractivity contribution in [2.75, 3.05) is 10.8 Å². The smallest absolute Gasteiger partial charge is 0.264 e. The number of nitrogens with one attached hydrogen (secondary N) is 1. The van der Waals surface area contributed by atoms with Gasteiger partial charge in [0.25, 0.3) is 10.0 Å². The van der Waals surface area contributed by atoms with E-state index in [1.54, 1.807) is 18.2 Å². The lowest BCUT2D eigenvalue weighted by Gasteiger charge is -2.31. The van der Waals surface area contributed by atoms with Crippen LogP contribution in [0.25, 0.3) is 0 Å². The summed E-state index contributed by atoms with van der Waals surface area (Å²) in [7, 11) is -4.01. The van der Waals surface area contributed by atoms with Crippen molar-refractivity contribution >= 4 is 21.6 Å². The Morgan fingerprint density at radius 2 is 1.82 bits per heavy atom. The topological polar surface area (TPSA) is 66.5 Å². The Morgan fingerprint density at radius 1 is 1.11 bits per heavy atom. The largest absolute Gasteiger partial charge is 0.352 e. The van der Waals surface area contributed by atoms with Gasteiger partial charge >= 0.3 is 0 Å². The molecule has 150 valence electrons. The van der Waals surface area contributed by atoms with Crippen molar-refractivity contribution in [1.29, 1.82) is 0 Å². The number of sulfonamides is 1. The summed E-state index contributed by atoms with van der Waals surface area (Å²) in [6.45, 7) is 1.69. The minimum absolute atomic E-state index is 0.0371. The third kappa shape index (κ3) is 4.70. The number of hydrogen-bond acceptors (Lipinski definition) is 3. The molecular formula is C21H25FN2O3S. The van der Waals surface area contributed by atoms with Crippen molar-refractivity contribution in [2.24, 2.45) is 5.92 Å². The second kappa shape index (κ2) is 8.73. The molecule has 1 amide bonds. The lowest BCUT2D eigenvalue weighted by Crippen LogP contribution is -2.47. The minimum atomic E-state index is -4.01. The molecule has 28 heavy (non-hydrogen) atoms. The summed E-state index contributed by atoms with van der Waals surface area (Å²) in [6.07, 6.45) is 4.12. The van der Waals surface area contributed by atoms with Crippen LogP contribution in [-0.2, 0) is 14.8 Å². The van der Waals surface area contributed by atoms with E-state index >= 15 is 0 Å². The highest BCUT2D eigenvalue weighted by molar-refractivity contribution is 7.92. The van der Waals surface area contributed by atoms with Crippen molar-refractivity contribution in [3.8, 4) is 0 Å². The fraction of sp³-hybridized carbons (Fsp3) is 0.381. The van der Waals surface area contributed by atoms with E-state index in [1.807, 2.05) is 0 Å². The van der Waals surface area contributed by atoms with Crippen LogP contribution in [0.1, 0.15) is 32.6 Å². The Kier molecular flexibility index (Phi) is 6.34. The van der Waals surface area contributed by atoms with Gasteiger partial charge in [-0.2, -0.15) is 0 Å². The highest BCUT2D eigenvalue weighted by atomic mass is 32.2. The number of anilines is 1. The maximum absolute atomic E-state index is 13.8. The second-order valence-corrected chi connectivity index (χ2v) is 9.10. The first kappa shape index (κ1) is 20.3. The number of rotatable bonds is 6. The van der Waals surface area contributed by atoms with Gasteiger partial charge < -0.3 is 5.32 Å². The average molecular weight is 405 g/mol. The molecule has 0 aromatic heterocycles. The molecule has 0 unspecified atom stereocenters. The number of halogens is 1. The van der Waals surface area contributed by atoms with Crippen molar-refractivity contribution < 1.29 is 17.6 Å². The van der Waals surface area contributed by atoms with Gasteiger partial charge in [-0.25, -0.2) is 12.8 Å². The Morgan fingerprint density at radius 3 is 2.50 bits per heavy atom. The van der Waals surface area contributed by atoms with Crippen molar-refractivity contribution in [3.63, 3.8) is 0 Å². The summed E-state index contributed by atoms with van der Waals surface area (Å²) in [6, 6.07) is 13.2. The van der Waals surface area contributed by atoms with Gasteiger partial charge in [0.1, 0.15) is 12.4 Å². The Labute approximate surface area is 165 Å². The van der Waals surface area contributed by atoms with E-state index in [9.17, 15) is 17.6 Å². The van der Waals surface area contributed by atoms with Gasteiger partial charge in [-0.1, -0.05) is 44.0 Å². The Bertz CT molecular complexity index is 918. The summed E-state index contributed by atoms with van der Waals surface area (Å²) in [5.74, 6) is -0.597. The van der Waals surface area contributed by atoms with E-state index in [1.165, 1.54) is 30.3 Å². The van der Waals surface area contributed by atoms with E-state index in [-0.39, 0.29) is 22.5 Å². The molecule has 2 aromatic carbocycles. The van der Waals surface area contributed by atoms with Gasteiger partial charge in [0, 0.05) is 6.04 Å². The van der Waals surface area contributed by atoms with E-state index in [0.29, 0.717) is 5.92 Å². The van der Waals surface area contributed by atoms with Crippen LogP contribution >= 0.6 is 0 Å². The van der Waals surface area contributed by atoms with Crippen molar-refractivity contribution in [3.05, 3.63) is 60.4 Å². The monoisotopic (exact) mass is 404 g/mol. The molecule has 2 atom stereocenters. The van der Waals surface area contributed by atoms with Crippen LogP contribution in [0.2, 0.25) is 0 Å². The van der Waals surface area contributed by atoms with Crippen LogP contribution < -0.4 is 9.62 Å². The predicted molar refractivity (Wildman–Crippen MR) is 107 cm³/mol. The Balaban J connectivity index is 1.87. The van der Waals surface area contributed by atoms with Crippen molar-refractivity contribution in [1.82, 2.24) is 5.32 Å². The molecule has 0 bridgehead atoms. The fourth-order valence-electron chi connectivity index (χ4n) is 3.58. The first-order chi connectivity index (χ1) is 13.4. The third-order valence-electron chi connectivity index (χ3n) is 5.17. The molecule has 1 N–H and O–H groups in total. The number of benzene rings is 2. The number of hydrogen-bond donors (Lipinski definition) is 1.